The molecule has 0 amide bonds. The molecule has 0 saturated heterocycles. The van der Waals surface area contributed by atoms with Crippen molar-refractivity contribution in [2.75, 3.05) is 4.72 Å². The van der Waals surface area contributed by atoms with Crippen LogP contribution in [0.25, 0.3) is 0 Å². The zero-order valence-corrected chi connectivity index (χ0v) is 14.1. The van der Waals surface area contributed by atoms with Crippen LogP contribution in [0.2, 0.25) is 10.2 Å². The molecule has 2 aromatic rings. The van der Waals surface area contributed by atoms with Crippen molar-refractivity contribution in [1.82, 2.24) is 4.98 Å². The number of anilines is 1. The average Bonchev–Trinajstić information content (AvgIpc) is 2.33. The molecule has 0 aliphatic heterocycles. The molecule has 8 heteroatoms. The lowest BCUT2D eigenvalue weighted by atomic mass is 10.3. The Balaban J connectivity index is 2.43. The van der Waals surface area contributed by atoms with Gasteiger partial charge in [0.25, 0.3) is 10.0 Å². The molecule has 0 spiro atoms. The summed E-state index contributed by atoms with van der Waals surface area (Å²) in [4.78, 5) is 3.86. The predicted molar refractivity (Wildman–Crippen MR) is 83.9 cm³/mol. The van der Waals surface area contributed by atoms with Gasteiger partial charge in [-0.1, -0.05) is 39.1 Å². The number of hydrogen-bond donors (Lipinski definition) is 1. The molecule has 0 unspecified atom stereocenters. The van der Waals surface area contributed by atoms with Gasteiger partial charge in [0.15, 0.2) is 5.15 Å². The lowest BCUT2D eigenvalue weighted by Crippen LogP contribution is -2.14. The number of halogens is 3. The van der Waals surface area contributed by atoms with Gasteiger partial charge in [-0.15, -0.1) is 0 Å². The SMILES string of the molecule is Cc1cnc(Cl)c(NS(=O)(=O)c2ccc(Br)cc2Cl)c1. The maximum Gasteiger partial charge on any atom is 0.263 e. The molecule has 0 saturated carbocycles. The molecule has 106 valence electrons. The van der Waals surface area contributed by atoms with Crippen LogP contribution < -0.4 is 4.72 Å². The van der Waals surface area contributed by atoms with Gasteiger partial charge in [-0.2, -0.15) is 0 Å². The summed E-state index contributed by atoms with van der Waals surface area (Å²) < 4.78 is 27.7. The summed E-state index contributed by atoms with van der Waals surface area (Å²) >= 11 is 15.0. The highest BCUT2D eigenvalue weighted by molar-refractivity contribution is 9.10. The highest BCUT2D eigenvalue weighted by Crippen LogP contribution is 2.28. The molecule has 0 bridgehead atoms. The first kappa shape index (κ1) is 15.6. The van der Waals surface area contributed by atoms with E-state index in [1.807, 2.05) is 0 Å². The van der Waals surface area contributed by atoms with Crippen LogP contribution in [0.3, 0.4) is 0 Å². The molecule has 0 aliphatic carbocycles. The number of pyridine rings is 1. The summed E-state index contributed by atoms with van der Waals surface area (Å²) in [6.07, 6.45) is 1.55. The van der Waals surface area contributed by atoms with Crippen LogP contribution >= 0.6 is 39.1 Å². The largest absolute Gasteiger partial charge is 0.276 e. The second-order valence-electron chi connectivity index (χ2n) is 4.03. The van der Waals surface area contributed by atoms with Crippen LogP contribution in [-0.4, -0.2) is 13.4 Å². The first-order valence-corrected chi connectivity index (χ1v) is 8.43. The van der Waals surface area contributed by atoms with Crippen molar-refractivity contribution in [1.29, 1.82) is 0 Å². The number of aryl methyl sites for hydroxylation is 1. The minimum absolute atomic E-state index is 0.0278. The third-order valence-electron chi connectivity index (χ3n) is 2.40. The van der Waals surface area contributed by atoms with Crippen molar-refractivity contribution >= 4 is 54.8 Å². The van der Waals surface area contributed by atoms with E-state index in [1.165, 1.54) is 12.1 Å². The van der Waals surface area contributed by atoms with E-state index >= 15 is 0 Å². The monoisotopic (exact) mass is 394 g/mol. The Bertz CT molecular complexity index is 766. The summed E-state index contributed by atoms with van der Waals surface area (Å²) in [7, 11) is -3.83. The minimum Gasteiger partial charge on any atom is -0.276 e. The number of rotatable bonds is 3. The zero-order chi connectivity index (χ0) is 14.9. The van der Waals surface area contributed by atoms with Crippen molar-refractivity contribution in [2.45, 2.75) is 11.8 Å². The summed E-state index contributed by atoms with van der Waals surface area (Å²) in [5, 5.41) is 0.191. The molecule has 1 aromatic heterocycles. The van der Waals surface area contributed by atoms with Gasteiger partial charge in [0.1, 0.15) is 4.90 Å². The van der Waals surface area contributed by atoms with Crippen molar-refractivity contribution in [3.05, 3.63) is 50.7 Å². The van der Waals surface area contributed by atoms with Gasteiger partial charge in [0, 0.05) is 10.7 Å². The van der Waals surface area contributed by atoms with Crippen molar-refractivity contribution in [3.63, 3.8) is 0 Å². The molecule has 0 aliphatic rings. The fraction of sp³-hybridized carbons (Fsp3) is 0.0833. The van der Waals surface area contributed by atoms with Crippen LogP contribution in [0.5, 0.6) is 0 Å². The second-order valence-corrected chi connectivity index (χ2v) is 7.36. The maximum absolute atomic E-state index is 12.3. The second kappa shape index (κ2) is 5.89. The summed E-state index contributed by atoms with van der Waals surface area (Å²) in [6, 6.07) is 6.11. The first-order chi connectivity index (χ1) is 9.29. The van der Waals surface area contributed by atoms with E-state index in [0.29, 0.717) is 4.47 Å². The van der Waals surface area contributed by atoms with E-state index in [1.54, 1.807) is 25.3 Å². The number of aromatic nitrogens is 1. The van der Waals surface area contributed by atoms with E-state index in [-0.39, 0.29) is 20.8 Å². The van der Waals surface area contributed by atoms with Crippen LogP contribution in [0, 0.1) is 6.92 Å². The Morgan fingerprint density at radius 3 is 2.60 bits per heavy atom. The van der Waals surface area contributed by atoms with E-state index in [4.69, 9.17) is 23.2 Å². The minimum atomic E-state index is -3.83. The Morgan fingerprint density at radius 1 is 1.25 bits per heavy atom. The third kappa shape index (κ3) is 3.44. The fourth-order valence-corrected chi connectivity index (χ4v) is 3.82. The highest BCUT2D eigenvalue weighted by atomic mass is 79.9. The molecule has 1 N–H and O–H groups in total. The van der Waals surface area contributed by atoms with Crippen molar-refractivity contribution in [2.24, 2.45) is 0 Å². The molecule has 0 fully saturated rings. The number of sulfonamides is 1. The van der Waals surface area contributed by atoms with Gasteiger partial charge in [-0.05, 0) is 36.8 Å². The molecule has 4 nitrogen and oxygen atoms in total. The van der Waals surface area contributed by atoms with Crippen LogP contribution in [0.4, 0.5) is 5.69 Å². The summed E-state index contributed by atoms with van der Waals surface area (Å²) in [6.45, 7) is 1.79. The fourth-order valence-electron chi connectivity index (χ4n) is 1.52. The van der Waals surface area contributed by atoms with Gasteiger partial charge >= 0.3 is 0 Å². The van der Waals surface area contributed by atoms with Crippen LogP contribution in [0.1, 0.15) is 5.56 Å². The maximum atomic E-state index is 12.3. The van der Waals surface area contributed by atoms with Gasteiger partial charge < -0.3 is 0 Å². The molecular formula is C12H9BrCl2N2O2S. The number of nitrogens with one attached hydrogen (secondary N) is 1. The highest BCUT2D eigenvalue weighted by Gasteiger charge is 2.19. The number of benzene rings is 1. The molecular weight excluding hydrogens is 387 g/mol. The van der Waals surface area contributed by atoms with Crippen LogP contribution in [-0.2, 0) is 10.0 Å². The molecule has 2 rings (SSSR count). The van der Waals surface area contributed by atoms with E-state index in [2.05, 4.69) is 25.6 Å². The predicted octanol–water partition coefficient (Wildman–Crippen LogP) is 4.26. The first-order valence-electron chi connectivity index (χ1n) is 5.39. The standard InChI is InChI=1S/C12H9BrCl2N2O2S/c1-7-4-10(12(15)16-6-7)17-20(18,19)11-3-2-8(13)5-9(11)14/h2-6,17H,1H3. The van der Waals surface area contributed by atoms with E-state index < -0.39 is 10.0 Å². The summed E-state index contributed by atoms with van der Waals surface area (Å²) in [5.74, 6) is 0. The van der Waals surface area contributed by atoms with Gasteiger partial charge in [-0.3, -0.25) is 4.72 Å². The smallest absolute Gasteiger partial charge is 0.263 e. The average molecular weight is 396 g/mol. The lowest BCUT2D eigenvalue weighted by molar-refractivity contribution is 0.601. The Labute approximate surface area is 135 Å². The lowest BCUT2D eigenvalue weighted by Gasteiger charge is -2.11. The quantitative estimate of drug-likeness (QED) is 0.789. The molecule has 0 radical (unpaired) electrons. The Kier molecular flexibility index (Phi) is 4.59. The van der Waals surface area contributed by atoms with E-state index in [9.17, 15) is 8.42 Å². The van der Waals surface area contributed by atoms with Crippen molar-refractivity contribution < 1.29 is 8.42 Å². The van der Waals surface area contributed by atoms with Gasteiger partial charge in [0.2, 0.25) is 0 Å². The number of nitrogens with zero attached hydrogens (tertiary/aromatic N) is 1. The third-order valence-corrected chi connectivity index (χ3v) is 5.05. The topological polar surface area (TPSA) is 59.1 Å². The Morgan fingerprint density at radius 2 is 1.95 bits per heavy atom. The van der Waals surface area contributed by atoms with Gasteiger partial charge in [0.05, 0.1) is 10.7 Å². The molecule has 1 aromatic carbocycles. The molecule has 0 atom stereocenters. The van der Waals surface area contributed by atoms with E-state index in [0.717, 1.165) is 5.56 Å². The molecule has 1 heterocycles. The van der Waals surface area contributed by atoms with Gasteiger partial charge in [-0.25, -0.2) is 13.4 Å². The summed E-state index contributed by atoms with van der Waals surface area (Å²) in [5.41, 5.74) is 1.000. The number of hydrogen-bond acceptors (Lipinski definition) is 3. The molecule has 20 heavy (non-hydrogen) atoms. The normalized spacial score (nSPS) is 11.4. The Hall–Kier alpha value is -0.820. The zero-order valence-electron chi connectivity index (χ0n) is 10.2. The van der Waals surface area contributed by atoms with Crippen LogP contribution in [0.15, 0.2) is 39.8 Å². The van der Waals surface area contributed by atoms with Crippen molar-refractivity contribution in [3.8, 4) is 0 Å².